The minimum absolute atomic E-state index is 0. The van der Waals surface area contributed by atoms with Crippen LogP contribution in [0.15, 0.2) is 18.3 Å². The molecule has 0 bridgehead atoms. The highest BCUT2D eigenvalue weighted by atomic mass is 35.5. The standard InChI is InChI=1S/C14H22N2.ClH/c1-11-5-3-7-14(9-11)16-10-13-6-4-8-15-12(13)2;/h4,6,8,11,14,16H,3,5,7,9-10H2,1-2H3;1H. The Morgan fingerprint density at radius 2 is 2.24 bits per heavy atom. The molecule has 2 unspecified atom stereocenters. The van der Waals surface area contributed by atoms with Gasteiger partial charge in [0.05, 0.1) is 0 Å². The molecule has 0 aliphatic heterocycles. The van der Waals surface area contributed by atoms with Crippen LogP contribution in [0.3, 0.4) is 0 Å². The predicted molar refractivity (Wildman–Crippen MR) is 74.5 cm³/mol. The summed E-state index contributed by atoms with van der Waals surface area (Å²) in [5, 5.41) is 3.67. The molecule has 96 valence electrons. The minimum Gasteiger partial charge on any atom is -0.310 e. The second-order valence-corrected chi connectivity index (χ2v) is 5.10. The molecule has 1 fully saturated rings. The second-order valence-electron chi connectivity index (χ2n) is 5.10. The van der Waals surface area contributed by atoms with E-state index >= 15 is 0 Å². The van der Waals surface area contributed by atoms with Gasteiger partial charge in [0, 0.05) is 24.5 Å². The summed E-state index contributed by atoms with van der Waals surface area (Å²) in [6.07, 6.45) is 7.32. The Labute approximate surface area is 111 Å². The molecule has 3 heteroatoms. The number of nitrogens with one attached hydrogen (secondary N) is 1. The number of aromatic nitrogens is 1. The van der Waals surface area contributed by atoms with Crippen molar-refractivity contribution in [3.63, 3.8) is 0 Å². The van der Waals surface area contributed by atoms with E-state index in [9.17, 15) is 0 Å². The molecule has 2 atom stereocenters. The lowest BCUT2D eigenvalue weighted by Crippen LogP contribution is -2.33. The van der Waals surface area contributed by atoms with Crippen molar-refractivity contribution in [2.24, 2.45) is 5.92 Å². The molecular formula is C14H23ClN2. The lowest BCUT2D eigenvalue weighted by Gasteiger charge is -2.27. The summed E-state index contributed by atoms with van der Waals surface area (Å²) in [4.78, 5) is 4.32. The third-order valence-corrected chi connectivity index (χ3v) is 3.63. The fraction of sp³-hybridized carbons (Fsp3) is 0.643. The Morgan fingerprint density at radius 3 is 2.94 bits per heavy atom. The zero-order valence-electron chi connectivity index (χ0n) is 10.8. The molecule has 1 aromatic rings. The molecule has 0 aromatic carbocycles. The first kappa shape index (κ1) is 14.5. The fourth-order valence-electron chi connectivity index (χ4n) is 2.58. The Bertz CT molecular complexity index is 341. The van der Waals surface area contributed by atoms with Crippen LogP contribution in [0.25, 0.3) is 0 Å². The molecule has 1 aromatic heterocycles. The normalized spacial score (nSPS) is 24.1. The number of aryl methyl sites for hydroxylation is 1. The van der Waals surface area contributed by atoms with Gasteiger partial charge in [-0.25, -0.2) is 0 Å². The molecule has 1 saturated carbocycles. The van der Waals surface area contributed by atoms with E-state index in [0.717, 1.165) is 18.2 Å². The van der Waals surface area contributed by atoms with Crippen molar-refractivity contribution in [2.75, 3.05) is 0 Å². The number of halogens is 1. The van der Waals surface area contributed by atoms with Crippen LogP contribution < -0.4 is 5.32 Å². The summed E-state index contributed by atoms with van der Waals surface area (Å²) < 4.78 is 0. The zero-order valence-corrected chi connectivity index (χ0v) is 11.6. The summed E-state index contributed by atoms with van der Waals surface area (Å²) in [6.45, 7) is 5.42. The number of hydrogen-bond donors (Lipinski definition) is 1. The highest BCUT2D eigenvalue weighted by Crippen LogP contribution is 2.23. The third-order valence-electron chi connectivity index (χ3n) is 3.63. The predicted octanol–water partition coefficient (Wildman–Crippen LogP) is 3.48. The van der Waals surface area contributed by atoms with Gasteiger partial charge in [-0.05, 0) is 37.3 Å². The van der Waals surface area contributed by atoms with Crippen molar-refractivity contribution in [3.8, 4) is 0 Å². The lowest BCUT2D eigenvalue weighted by atomic mass is 9.87. The molecular weight excluding hydrogens is 232 g/mol. The van der Waals surface area contributed by atoms with Gasteiger partial charge in [0.15, 0.2) is 0 Å². The van der Waals surface area contributed by atoms with E-state index in [-0.39, 0.29) is 12.4 Å². The second kappa shape index (κ2) is 6.97. The minimum atomic E-state index is 0. The van der Waals surface area contributed by atoms with Gasteiger partial charge < -0.3 is 5.32 Å². The van der Waals surface area contributed by atoms with E-state index in [4.69, 9.17) is 0 Å². The number of rotatable bonds is 3. The van der Waals surface area contributed by atoms with Crippen LogP contribution in [0.2, 0.25) is 0 Å². The van der Waals surface area contributed by atoms with Gasteiger partial charge in [-0.15, -0.1) is 12.4 Å². The Hall–Kier alpha value is -0.600. The van der Waals surface area contributed by atoms with Crippen molar-refractivity contribution >= 4 is 12.4 Å². The van der Waals surface area contributed by atoms with Crippen LogP contribution in [-0.4, -0.2) is 11.0 Å². The van der Waals surface area contributed by atoms with E-state index in [1.54, 1.807) is 0 Å². The van der Waals surface area contributed by atoms with Gasteiger partial charge in [-0.1, -0.05) is 25.8 Å². The number of nitrogens with zero attached hydrogens (tertiary/aromatic N) is 1. The van der Waals surface area contributed by atoms with E-state index in [2.05, 4.69) is 30.2 Å². The Balaban J connectivity index is 0.00000144. The summed E-state index contributed by atoms with van der Waals surface area (Å²) in [7, 11) is 0. The lowest BCUT2D eigenvalue weighted by molar-refractivity contribution is 0.300. The van der Waals surface area contributed by atoms with E-state index in [1.807, 2.05) is 12.3 Å². The highest BCUT2D eigenvalue weighted by Gasteiger charge is 2.18. The molecule has 0 radical (unpaired) electrons. The molecule has 2 rings (SSSR count). The smallest absolute Gasteiger partial charge is 0.0417 e. The largest absolute Gasteiger partial charge is 0.310 e. The summed E-state index contributed by atoms with van der Waals surface area (Å²) in [5.74, 6) is 0.890. The van der Waals surface area contributed by atoms with Crippen LogP contribution in [-0.2, 0) is 6.54 Å². The average molecular weight is 255 g/mol. The Morgan fingerprint density at radius 1 is 1.41 bits per heavy atom. The first-order valence-electron chi connectivity index (χ1n) is 6.39. The van der Waals surface area contributed by atoms with Crippen molar-refractivity contribution in [3.05, 3.63) is 29.6 Å². The first-order valence-corrected chi connectivity index (χ1v) is 6.39. The molecule has 1 aliphatic carbocycles. The van der Waals surface area contributed by atoms with Gasteiger partial charge in [0.1, 0.15) is 0 Å². The van der Waals surface area contributed by atoms with Crippen molar-refractivity contribution in [1.29, 1.82) is 0 Å². The maximum Gasteiger partial charge on any atom is 0.0417 e. The summed E-state index contributed by atoms with van der Waals surface area (Å²) >= 11 is 0. The van der Waals surface area contributed by atoms with Crippen LogP contribution >= 0.6 is 12.4 Å². The van der Waals surface area contributed by atoms with Crippen molar-refractivity contribution < 1.29 is 0 Å². The quantitative estimate of drug-likeness (QED) is 0.893. The van der Waals surface area contributed by atoms with E-state index in [0.29, 0.717) is 6.04 Å². The molecule has 1 aliphatic rings. The molecule has 17 heavy (non-hydrogen) atoms. The molecule has 0 spiro atoms. The summed E-state index contributed by atoms with van der Waals surface area (Å²) in [5.41, 5.74) is 2.49. The molecule has 1 N–H and O–H groups in total. The molecule has 0 amide bonds. The monoisotopic (exact) mass is 254 g/mol. The molecule has 0 saturated heterocycles. The van der Waals surface area contributed by atoms with Crippen LogP contribution in [0.1, 0.15) is 43.9 Å². The topological polar surface area (TPSA) is 24.9 Å². The summed E-state index contributed by atoms with van der Waals surface area (Å²) in [6, 6.07) is 4.90. The first-order chi connectivity index (χ1) is 7.75. The van der Waals surface area contributed by atoms with Crippen molar-refractivity contribution in [2.45, 2.75) is 52.1 Å². The maximum atomic E-state index is 4.32. The van der Waals surface area contributed by atoms with Gasteiger partial charge in [-0.3, -0.25) is 4.98 Å². The maximum absolute atomic E-state index is 4.32. The van der Waals surface area contributed by atoms with E-state index in [1.165, 1.54) is 31.2 Å². The van der Waals surface area contributed by atoms with E-state index < -0.39 is 0 Å². The number of hydrogen-bond acceptors (Lipinski definition) is 2. The third kappa shape index (κ3) is 4.29. The SMILES string of the molecule is Cc1ncccc1CNC1CCCC(C)C1.Cl. The van der Waals surface area contributed by atoms with Gasteiger partial charge in [0.25, 0.3) is 0 Å². The van der Waals surface area contributed by atoms with Gasteiger partial charge in [-0.2, -0.15) is 0 Å². The van der Waals surface area contributed by atoms with Crippen molar-refractivity contribution in [1.82, 2.24) is 10.3 Å². The fourth-order valence-corrected chi connectivity index (χ4v) is 2.58. The van der Waals surface area contributed by atoms with Crippen LogP contribution in [0.5, 0.6) is 0 Å². The molecule has 1 heterocycles. The zero-order chi connectivity index (χ0) is 11.4. The van der Waals surface area contributed by atoms with Crippen LogP contribution in [0.4, 0.5) is 0 Å². The van der Waals surface area contributed by atoms with Gasteiger partial charge >= 0.3 is 0 Å². The Kier molecular flexibility index (Phi) is 5.93. The van der Waals surface area contributed by atoms with Gasteiger partial charge in [0.2, 0.25) is 0 Å². The number of pyridine rings is 1. The van der Waals surface area contributed by atoms with Crippen LogP contribution in [0, 0.1) is 12.8 Å². The average Bonchev–Trinajstić information content (AvgIpc) is 2.28. The molecule has 2 nitrogen and oxygen atoms in total. The highest BCUT2D eigenvalue weighted by molar-refractivity contribution is 5.85.